The molecule has 2 aliphatic rings. The highest BCUT2D eigenvalue weighted by Crippen LogP contribution is 2.40. The van der Waals surface area contributed by atoms with Gasteiger partial charge in [0.2, 0.25) is 0 Å². The first-order valence-electron chi connectivity index (χ1n) is 8.17. The molecule has 0 bridgehead atoms. The van der Waals surface area contributed by atoms with Crippen LogP contribution in [-0.2, 0) is 4.74 Å². The second kappa shape index (κ2) is 6.88. The SMILES string of the molecule is CC(C)(C)OC(=O)N1CCN2C(=O)c3cc(F)c(Br)c(Cl)c3OC[C@H]2C1. The Morgan fingerprint density at radius 3 is 2.77 bits per heavy atom. The average Bonchev–Trinajstić information content (AvgIpc) is 2.69. The number of carbonyl (C=O) groups is 2. The van der Waals surface area contributed by atoms with Crippen LogP contribution >= 0.6 is 27.5 Å². The van der Waals surface area contributed by atoms with Gasteiger partial charge in [0.1, 0.15) is 23.0 Å². The van der Waals surface area contributed by atoms with Crippen LogP contribution < -0.4 is 4.74 Å². The van der Waals surface area contributed by atoms with Crippen LogP contribution in [0, 0.1) is 5.82 Å². The van der Waals surface area contributed by atoms with Gasteiger partial charge in [-0.3, -0.25) is 4.79 Å². The molecule has 0 radical (unpaired) electrons. The molecule has 142 valence electrons. The van der Waals surface area contributed by atoms with E-state index < -0.39 is 17.5 Å². The number of benzene rings is 1. The Labute approximate surface area is 164 Å². The Balaban J connectivity index is 1.83. The molecule has 0 unspecified atom stereocenters. The van der Waals surface area contributed by atoms with Crippen LogP contribution in [0.15, 0.2) is 10.5 Å². The van der Waals surface area contributed by atoms with E-state index >= 15 is 0 Å². The highest BCUT2D eigenvalue weighted by molar-refractivity contribution is 9.10. The van der Waals surface area contributed by atoms with E-state index in [1.165, 1.54) is 0 Å². The van der Waals surface area contributed by atoms with Crippen molar-refractivity contribution in [3.05, 3.63) is 26.9 Å². The van der Waals surface area contributed by atoms with Crippen LogP contribution in [0.2, 0.25) is 5.02 Å². The number of hydrogen-bond donors (Lipinski definition) is 0. The normalized spacial score (nSPS) is 20.1. The molecule has 1 aromatic carbocycles. The highest BCUT2D eigenvalue weighted by atomic mass is 79.9. The fraction of sp³-hybridized carbons (Fsp3) is 0.529. The molecule has 2 amide bonds. The lowest BCUT2D eigenvalue weighted by Crippen LogP contribution is -2.58. The van der Waals surface area contributed by atoms with Gasteiger partial charge in [-0.15, -0.1) is 0 Å². The third kappa shape index (κ3) is 3.62. The van der Waals surface area contributed by atoms with Crippen LogP contribution in [0.5, 0.6) is 5.75 Å². The van der Waals surface area contributed by atoms with Crippen molar-refractivity contribution in [1.29, 1.82) is 0 Å². The summed E-state index contributed by atoms with van der Waals surface area (Å²) in [6.07, 6.45) is -0.432. The third-order valence-corrected chi connectivity index (χ3v) is 5.53. The maximum Gasteiger partial charge on any atom is 0.410 e. The summed E-state index contributed by atoms with van der Waals surface area (Å²) in [6, 6.07) is 0.755. The topological polar surface area (TPSA) is 59.1 Å². The molecule has 2 heterocycles. The van der Waals surface area contributed by atoms with E-state index in [0.717, 1.165) is 6.07 Å². The maximum absolute atomic E-state index is 14.0. The van der Waals surface area contributed by atoms with Crippen LogP contribution in [0.4, 0.5) is 9.18 Å². The number of hydrogen-bond acceptors (Lipinski definition) is 4. The van der Waals surface area contributed by atoms with Crippen molar-refractivity contribution >= 4 is 39.5 Å². The first-order chi connectivity index (χ1) is 12.1. The van der Waals surface area contributed by atoms with E-state index in [1.54, 1.807) is 30.6 Å². The molecule has 0 spiro atoms. The molecule has 6 nitrogen and oxygen atoms in total. The first-order valence-corrected chi connectivity index (χ1v) is 9.35. The zero-order chi connectivity index (χ0) is 19.2. The van der Waals surface area contributed by atoms with Crippen molar-refractivity contribution in [2.24, 2.45) is 0 Å². The molecule has 0 N–H and O–H groups in total. The summed E-state index contributed by atoms with van der Waals surface area (Å²) in [5.41, 5.74) is -0.513. The predicted molar refractivity (Wildman–Crippen MR) is 97.2 cm³/mol. The molecule has 1 fully saturated rings. The smallest absolute Gasteiger partial charge is 0.410 e. The lowest BCUT2D eigenvalue weighted by molar-refractivity contribution is 0.000952. The van der Waals surface area contributed by atoms with Crippen molar-refractivity contribution in [3.8, 4) is 5.75 Å². The molecule has 0 aliphatic carbocycles. The Morgan fingerprint density at radius 1 is 1.42 bits per heavy atom. The molecule has 1 saturated heterocycles. The van der Waals surface area contributed by atoms with Crippen LogP contribution in [0.25, 0.3) is 0 Å². The minimum Gasteiger partial charge on any atom is -0.489 e. The Hall–Kier alpha value is -1.54. The van der Waals surface area contributed by atoms with Gasteiger partial charge in [-0.25, -0.2) is 9.18 Å². The van der Waals surface area contributed by atoms with Gasteiger partial charge >= 0.3 is 6.09 Å². The standard InChI is InChI=1S/C17H19BrClFN2O4/c1-17(2,3)26-16(24)21-4-5-22-9(7-21)8-25-14-10(15(22)23)6-11(20)12(18)13(14)19/h6,9H,4-5,7-8H2,1-3H3/t9-/m1/s1. The second-order valence-electron chi connectivity index (χ2n) is 7.25. The second-order valence-corrected chi connectivity index (χ2v) is 8.42. The predicted octanol–water partition coefficient (Wildman–Crippen LogP) is 3.70. The molecule has 0 saturated carbocycles. The molecule has 0 aromatic heterocycles. The van der Waals surface area contributed by atoms with Crippen molar-refractivity contribution < 1.29 is 23.5 Å². The van der Waals surface area contributed by atoms with Crippen molar-refractivity contribution in [2.75, 3.05) is 26.2 Å². The van der Waals surface area contributed by atoms with Crippen LogP contribution in [0.3, 0.4) is 0 Å². The summed E-state index contributed by atoms with van der Waals surface area (Å²) in [5.74, 6) is -0.834. The first kappa shape index (κ1) is 19.2. The van der Waals surface area contributed by atoms with E-state index in [0.29, 0.717) is 13.1 Å². The summed E-state index contributed by atoms with van der Waals surface area (Å²) in [6.45, 7) is 6.45. The van der Waals surface area contributed by atoms with E-state index in [9.17, 15) is 14.0 Å². The molecule has 26 heavy (non-hydrogen) atoms. The number of piperazine rings is 1. The Bertz CT molecular complexity index is 768. The van der Waals surface area contributed by atoms with E-state index in [2.05, 4.69) is 15.9 Å². The van der Waals surface area contributed by atoms with E-state index in [1.807, 2.05) is 0 Å². The zero-order valence-corrected chi connectivity index (χ0v) is 17.0. The van der Waals surface area contributed by atoms with E-state index in [4.69, 9.17) is 21.1 Å². The summed E-state index contributed by atoms with van der Waals surface area (Å²) in [4.78, 5) is 28.3. The lowest BCUT2D eigenvalue weighted by atomic mass is 10.1. The Morgan fingerprint density at radius 2 is 2.12 bits per heavy atom. The quantitative estimate of drug-likeness (QED) is 0.567. The lowest BCUT2D eigenvalue weighted by Gasteiger charge is -2.40. The molecule has 1 atom stereocenters. The van der Waals surface area contributed by atoms with Gasteiger partial charge in [-0.2, -0.15) is 0 Å². The van der Waals surface area contributed by atoms with Crippen molar-refractivity contribution in [2.45, 2.75) is 32.4 Å². The highest BCUT2D eigenvalue weighted by Gasteiger charge is 2.39. The van der Waals surface area contributed by atoms with Crippen molar-refractivity contribution in [1.82, 2.24) is 9.80 Å². The number of ether oxygens (including phenoxy) is 2. The van der Waals surface area contributed by atoms with Crippen LogP contribution in [-0.4, -0.2) is 59.7 Å². The van der Waals surface area contributed by atoms with Gasteiger partial charge in [-0.1, -0.05) is 11.6 Å². The molecular formula is C17H19BrClFN2O4. The average molecular weight is 450 g/mol. The van der Waals surface area contributed by atoms with Crippen LogP contribution in [0.1, 0.15) is 31.1 Å². The van der Waals surface area contributed by atoms with Gasteiger partial charge in [-0.05, 0) is 42.8 Å². The van der Waals surface area contributed by atoms with Gasteiger partial charge in [0.05, 0.1) is 16.1 Å². The maximum atomic E-state index is 14.0. The molecule has 1 aromatic rings. The molecular weight excluding hydrogens is 431 g/mol. The minimum absolute atomic E-state index is 0.0252. The zero-order valence-electron chi connectivity index (χ0n) is 14.6. The number of fused-ring (bicyclic) bond motifs is 2. The molecule has 2 aliphatic heterocycles. The summed E-state index contributed by atoms with van der Waals surface area (Å²) in [7, 11) is 0. The fourth-order valence-electron chi connectivity index (χ4n) is 2.97. The van der Waals surface area contributed by atoms with Gasteiger partial charge in [0.25, 0.3) is 5.91 Å². The third-order valence-electron chi connectivity index (χ3n) is 4.16. The number of amides is 2. The summed E-state index contributed by atoms with van der Waals surface area (Å²) < 4.78 is 25.2. The molecule has 3 rings (SSSR count). The summed E-state index contributed by atoms with van der Waals surface area (Å²) in [5, 5.41) is 0.0252. The monoisotopic (exact) mass is 448 g/mol. The number of rotatable bonds is 0. The fourth-order valence-corrected chi connectivity index (χ4v) is 3.51. The number of halogens is 3. The van der Waals surface area contributed by atoms with Gasteiger partial charge < -0.3 is 19.3 Å². The van der Waals surface area contributed by atoms with E-state index in [-0.39, 0.29) is 45.9 Å². The van der Waals surface area contributed by atoms with Crippen molar-refractivity contribution in [3.63, 3.8) is 0 Å². The number of carbonyl (C=O) groups excluding carboxylic acids is 2. The largest absolute Gasteiger partial charge is 0.489 e. The molecule has 9 heteroatoms. The minimum atomic E-state index is -0.628. The van der Waals surface area contributed by atoms with Gasteiger partial charge in [0.15, 0.2) is 5.75 Å². The van der Waals surface area contributed by atoms with Gasteiger partial charge in [0, 0.05) is 19.6 Å². The summed E-state index contributed by atoms with van der Waals surface area (Å²) >= 11 is 9.19. The Kier molecular flexibility index (Phi) is 5.09. The number of nitrogens with zero attached hydrogens (tertiary/aromatic N) is 2.